The average Bonchev–Trinajstić information content (AvgIpc) is 2.68. The van der Waals surface area contributed by atoms with Crippen LogP contribution in [0.25, 0.3) is 0 Å². The first-order valence-electron chi connectivity index (χ1n) is 7.24. The number of nitrogens with zero attached hydrogens (tertiary/aromatic N) is 2. The SMILES string of the molecule is C=C1CCN(C2CCN(C(=O)OC(C)(C)C)CC2)C1=O. The zero-order chi connectivity index (χ0) is 14.9. The summed E-state index contributed by atoms with van der Waals surface area (Å²) in [5.74, 6) is 0.0840. The topological polar surface area (TPSA) is 49.9 Å². The van der Waals surface area contributed by atoms with Crippen LogP contribution in [0.5, 0.6) is 0 Å². The average molecular weight is 280 g/mol. The van der Waals surface area contributed by atoms with Crippen molar-refractivity contribution in [1.29, 1.82) is 0 Å². The van der Waals surface area contributed by atoms with Crippen LogP contribution in [-0.2, 0) is 9.53 Å². The standard InChI is InChI=1S/C15H24N2O3/c1-11-5-10-17(13(11)18)12-6-8-16(9-7-12)14(19)20-15(2,3)4/h12H,1,5-10H2,2-4H3. The van der Waals surface area contributed by atoms with Gasteiger partial charge in [0.05, 0.1) is 0 Å². The predicted octanol–water partition coefficient (Wildman–Crippen LogP) is 2.17. The van der Waals surface area contributed by atoms with Gasteiger partial charge in [0.15, 0.2) is 0 Å². The molecule has 5 heteroatoms. The highest BCUT2D eigenvalue weighted by atomic mass is 16.6. The molecule has 2 saturated heterocycles. The van der Waals surface area contributed by atoms with Crippen LogP contribution in [-0.4, -0.2) is 53.1 Å². The van der Waals surface area contributed by atoms with Crippen LogP contribution in [0.3, 0.4) is 0 Å². The third-order valence-corrected chi connectivity index (χ3v) is 3.77. The third-order valence-electron chi connectivity index (χ3n) is 3.77. The second kappa shape index (κ2) is 5.46. The summed E-state index contributed by atoms with van der Waals surface area (Å²) in [6.45, 7) is 11.5. The molecule has 0 aliphatic carbocycles. The summed E-state index contributed by atoms with van der Waals surface area (Å²) in [6, 6.07) is 0.237. The van der Waals surface area contributed by atoms with Crippen LogP contribution in [0.2, 0.25) is 0 Å². The Labute approximate surface area is 120 Å². The van der Waals surface area contributed by atoms with Gasteiger partial charge in [-0.2, -0.15) is 0 Å². The minimum atomic E-state index is -0.462. The highest BCUT2D eigenvalue weighted by Crippen LogP contribution is 2.25. The van der Waals surface area contributed by atoms with E-state index >= 15 is 0 Å². The van der Waals surface area contributed by atoms with Gasteiger partial charge in [-0.05, 0) is 40.0 Å². The first kappa shape index (κ1) is 14.9. The second-order valence-electron chi connectivity index (χ2n) is 6.55. The number of carbonyl (C=O) groups is 2. The van der Waals surface area contributed by atoms with E-state index < -0.39 is 5.60 Å². The molecule has 2 rings (SSSR count). The number of ether oxygens (including phenoxy) is 1. The van der Waals surface area contributed by atoms with Gasteiger partial charge in [0, 0.05) is 31.2 Å². The molecule has 0 N–H and O–H groups in total. The van der Waals surface area contributed by atoms with Crippen molar-refractivity contribution in [3.05, 3.63) is 12.2 Å². The summed E-state index contributed by atoms with van der Waals surface area (Å²) < 4.78 is 5.37. The Kier molecular flexibility index (Phi) is 4.06. The fraction of sp³-hybridized carbons (Fsp3) is 0.733. The Morgan fingerprint density at radius 3 is 2.30 bits per heavy atom. The molecule has 2 fully saturated rings. The third kappa shape index (κ3) is 3.32. The number of likely N-dealkylation sites (tertiary alicyclic amines) is 2. The van der Waals surface area contributed by atoms with Crippen molar-refractivity contribution < 1.29 is 14.3 Å². The Morgan fingerprint density at radius 2 is 1.85 bits per heavy atom. The quantitative estimate of drug-likeness (QED) is 0.692. The number of hydrogen-bond acceptors (Lipinski definition) is 3. The van der Waals surface area contributed by atoms with Crippen LogP contribution >= 0.6 is 0 Å². The van der Waals surface area contributed by atoms with E-state index in [9.17, 15) is 9.59 Å². The zero-order valence-electron chi connectivity index (χ0n) is 12.6. The summed E-state index contributed by atoms with van der Waals surface area (Å²) in [6.07, 6.45) is 2.15. The second-order valence-corrected chi connectivity index (χ2v) is 6.55. The monoisotopic (exact) mass is 280 g/mol. The van der Waals surface area contributed by atoms with Crippen molar-refractivity contribution in [1.82, 2.24) is 9.80 Å². The molecule has 2 amide bonds. The minimum absolute atomic E-state index is 0.0840. The maximum absolute atomic E-state index is 12.0. The summed E-state index contributed by atoms with van der Waals surface area (Å²) in [5, 5.41) is 0. The molecule has 2 aliphatic heterocycles. The molecule has 0 atom stereocenters. The smallest absolute Gasteiger partial charge is 0.410 e. The van der Waals surface area contributed by atoms with E-state index in [0.717, 1.165) is 25.8 Å². The van der Waals surface area contributed by atoms with Crippen molar-refractivity contribution in [2.45, 2.75) is 51.7 Å². The largest absolute Gasteiger partial charge is 0.444 e. The van der Waals surface area contributed by atoms with E-state index in [-0.39, 0.29) is 18.0 Å². The van der Waals surface area contributed by atoms with Gasteiger partial charge in [-0.25, -0.2) is 4.79 Å². The van der Waals surface area contributed by atoms with Crippen LogP contribution in [0.1, 0.15) is 40.0 Å². The van der Waals surface area contributed by atoms with Crippen molar-refractivity contribution in [2.75, 3.05) is 19.6 Å². The van der Waals surface area contributed by atoms with Gasteiger partial charge in [-0.3, -0.25) is 4.79 Å². The fourth-order valence-corrected chi connectivity index (χ4v) is 2.70. The molecule has 5 nitrogen and oxygen atoms in total. The highest BCUT2D eigenvalue weighted by molar-refractivity contribution is 5.95. The number of carbonyl (C=O) groups excluding carboxylic acids is 2. The van der Waals surface area contributed by atoms with Gasteiger partial charge >= 0.3 is 6.09 Å². The van der Waals surface area contributed by atoms with E-state index in [4.69, 9.17) is 4.74 Å². The molecule has 0 unspecified atom stereocenters. The normalized spacial score (nSPS) is 21.6. The van der Waals surface area contributed by atoms with Gasteiger partial charge in [-0.1, -0.05) is 6.58 Å². The molecule has 0 saturated carbocycles. The molecule has 2 heterocycles. The van der Waals surface area contributed by atoms with Crippen LogP contribution in [0.4, 0.5) is 4.79 Å². The molecule has 0 bridgehead atoms. The Bertz CT molecular complexity index is 417. The fourth-order valence-electron chi connectivity index (χ4n) is 2.70. The van der Waals surface area contributed by atoms with Crippen molar-refractivity contribution >= 4 is 12.0 Å². The van der Waals surface area contributed by atoms with Gasteiger partial charge in [0.2, 0.25) is 5.91 Å². The lowest BCUT2D eigenvalue weighted by Crippen LogP contribution is -2.48. The lowest BCUT2D eigenvalue weighted by atomic mass is 10.0. The van der Waals surface area contributed by atoms with Gasteiger partial charge in [-0.15, -0.1) is 0 Å². The van der Waals surface area contributed by atoms with Gasteiger partial charge < -0.3 is 14.5 Å². The lowest BCUT2D eigenvalue weighted by Gasteiger charge is -2.37. The number of piperidine rings is 1. The van der Waals surface area contributed by atoms with E-state index in [1.807, 2.05) is 25.7 Å². The first-order valence-corrected chi connectivity index (χ1v) is 7.24. The highest BCUT2D eigenvalue weighted by Gasteiger charge is 2.34. The minimum Gasteiger partial charge on any atom is -0.444 e. The maximum Gasteiger partial charge on any atom is 0.410 e. The van der Waals surface area contributed by atoms with E-state index in [1.54, 1.807) is 4.90 Å². The molecule has 112 valence electrons. The van der Waals surface area contributed by atoms with Crippen LogP contribution in [0, 0.1) is 0 Å². The Balaban J connectivity index is 1.85. The van der Waals surface area contributed by atoms with Crippen molar-refractivity contribution in [3.63, 3.8) is 0 Å². The number of rotatable bonds is 1. The summed E-state index contributed by atoms with van der Waals surface area (Å²) in [5.41, 5.74) is 0.246. The molecular weight excluding hydrogens is 256 g/mol. The summed E-state index contributed by atoms with van der Waals surface area (Å²) in [7, 11) is 0. The van der Waals surface area contributed by atoms with Crippen LogP contribution in [0.15, 0.2) is 12.2 Å². The lowest BCUT2D eigenvalue weighted by molar-refractivity contribution is -0.127. The molecule has 0 aromatic carbocycles. The molecule has 0 aromatic rings. The molecule has 0 spiro atoms. The number of hydrogen-bond donors (Lipinski definition) is 0. The van der Waals surface area contributed by atoms with Crippen molar-refractivity contribution in [3.8, 4) is 0 Å². The summed E-state index contributed by atoms with van der Waals surface area (Å²) in [4.78, 5) is 27.5. The summed E-state index contributed by atoms with van der Waals surface area (Å²) >= 11 is 0. The number of amides is 2. The molecule has 2 aliphatic rings. The van der Waals surface area contributed by atoms with Gasteiger partial charge in [0.25, 0.3) is 0 Å². The van der Waals surface area contributed by atoms with E-state index in [2.05, 4.69) is 6.58 Å². The predicted molar refractivity (Wildman–Crippen MR) is 76.3 cm³/mol. The van der Waals surface area contributed by atoms with Crippen molar-refractivity contribution in [2.24, 2.45) is 0 Å². The Morgan fingerprint density at radius 1 is 1.25 bits per heavy atom. The van der Waals surface area contributed by atoms with E-state index in [1.165, 1.54) is 0 Å². The first-order chi connectivity index (χ1) is 9.28. The molecule has 0 radical (unpaired) electrons. The van der Waals surface area contributed by atoms with Crippen LogP contribution < -0.4 is 0 Å². The zero-order valence-corrected chi connectivity index (χ0v) is 12.6. The molecular formula is C15H24N2O3. The Hall–Kier alpha value is -1.52. The van der Waals surface area contributed by atoms with E-state index in [0.29, 0.717) is 18.7 Å². The van der Waals surface area contributed by atoms with Gasteiger partial charge in [0.1, 0.15) is 5.60 Å². The molecule has 0 aromatic heterocycles. The molecule has 20 heavy (non-hydrogen) atoms. The maximum atomic E-state index is 12.0.